The molecule has 2 atom stereocenters. The fourth-order valence-corrected chi connectivity index (χ4v) is 1.98. The van der Waals surface area contributed by atoms with Crippen molar-refractivity contribution in [2.45, 2.75) is 32.4 Å². The molecule has 0 saturated heterocycles. The summed E-state index contributed by atoms with van der Waals surface area (Å²) >= 11 is 0. The first-order chi connectivity index (χ1) is 6.88. The van der Waals surface area contributed by atoms with Gasteiger partial charge < -0.3 is 0 Å². The molecule has 0 aliphatic heterocycles. The highest BCUT2D eigenvalue weighted by Gasteiger charge is 2.37. The molecule has 1 saturated carbocycles. The predicted octanol–water partition coefficient (Wildman–Crippen LogP) is 4.14. The molecule has 0 heterocycles. The van der Waals surface area contributed by atoms with Gasteiger partial charge in [0.25, 0.3) is 0 Å². The minimum absolute atomic E-state index is 0.339. The summed E-state index contributed by atoms with van der Waals surface area (Å²) in [5, 5.41) is 0. The van der Waals surface area contributed by atoms with Gasteiger partial charge in [0, 0.05) is 0 Å². The van der Waals surface area contributed by atoms with Gasteiger partial charge in [-0.1, -0.05) is 18.6 Å². The van der Waals surface area contributed by atoms with Crippen LogP contribution in [-0.4, -0.2) is 0 Å². The number of benzene rings is 1. The molecule has 0 N–H and O–H groups in total. The van der Waals surface area contributed by atoms with E-state index in [4.69, 9.17) is 0 Å². The smallest absolute Gasteiger partial charge is 0.166 e. The van der Waals surface area contributed by atoms with Crippen molar-refractivity contribution in [1.29, 1.82) is 0 Å². The zero-order valence-corrected chi connectivity index (χ0v) is 8.73. The Morgan fingerprint density at radius 3 is 2.27 bits per heavy atom. The van der Waals surface area contributed by atoms with Crippen LogP contribution < -0.4 is 0 Å². The van der Waals surface area contributed by atoms with Gasteiger partial charge in [0.05, 0.1) is 5.56 Å². The summed E-state index contributed by atoms with van der Waals surface area (Å²) in [7, 11) is 0. The molecule has 2 unspecified atom stereocenters. The maximum Gasteiger partial charge on any atom is 0.416 e. The molecule has 82 valence electrons. The largest absolute Gasteiger partial charge is 0.416 e. The SMILES string of the molecule is Cc1cc(C2CC2C)cc(C(F)(F)F)c1. The molecule has 1 aromatic rings. The highest BCUT2D eigenvalue weighted by Crippen LogP contribution is 2.48. The van der Waals surface area contributed by atoms with Crippen LogP contribution in [0.2, 0.25) is 0 Å². The molecule has 1 aliphatic carbocycles. The number of hydrogen-bond donors (Lipinski definition) is 0. The van der Waals surface area contributed by atoms with Gasteiger partial charge in [0.15, 0.2) is 0 Å². The third-order valence-electron chi connectivity index (χ3n) is 2.96. The Bertz CT molecular complexity index is 379. The Hall–Kier alpha value is -0.990. The third kappa shape index (κ3) is 2.16. The van der Waals surface area contributed by atoms with Crippen molar-refractivity contribution >= 4 is 0 Å². The fourth-order valence-electron chi connectivity index (χ4n) is 1.98. The average Bonchev–Trinajstić information content (AvgIpc) is 2.80. The Morgan fingerprint density at radius 1 is 1.20 bits per heavy atom. The second-order valence-electron chi connectivity index (χ2n) is 4.45. The Balaban J connectivity index is 2.37. The summed E-state index contributed by atoms with van der Waals surface area (Å²) in [5.74, 6) is 0.874. The molecule has 0 nitrogen and oxygen atoms in total. The molecule has 1 fully saturated rings. The van der Waals surface area contributed by atoms with Crippen LogP contribution in [0.1, 0.15) is 36.0 Å². The van der Waals surface area contributed by atoms with Gasteiger partial charge in [0.1, 0.15) is 0 Å². The van der Waals surface area contributed by atoms with Crippen molar-refractivity contribution in [2.24, 2.45) is 5.92 Å². The van der Waals surface area contributed by atoms with Gasteiger partial charge in [-0.15, -0.1) is 0 Å². The van der Waals surface area contributed by atoms with E-state index in [0.29, 0.717) is 17.4 Å². The summed E-state index contributed by atoms with van der Waals surface area (Å²) in [6.07, 6.45) is -3.21. The zero-order chi connectivity index (χ0) is 11.2. The normalized spacial score (nSPS) is 25.4. The topological polar surface area (TPSA) is 0 Å². The lowest BCUT2D eigenvalue weighted by atomic mass is 10.0. The van der Waals surface area contributed by atoms with Gasteiger partial charge in [-0.2, -0.15) is 13.2 Å². The number of aryl methyl sites for hydroxylation is 1. The van der Waals surface area contributed by atoms with E-state index in [1.807, 2.05) is 6.07 Å². The summed E-state index contributed by atoms with van der Waals surface area (Å²) in [6.45, 7) is 3.78. The number of hydrogen-bond acceptors (Lipinski definition) is 0. The highest BCUT2D eigenvalue weighted by molar-refractivity contribution is 5.35. The number of halogens is 3. The molecule has 0 amide bonds. The van der Waals surface area contributed by atoms with Gasteiger partial charge in [-0.3, -0.25) is 0 Å². The Labute approximate surface area is 87.1 Å². The Kier molecular flexibility index (Phi) is 2.28. The van der Waals surface area contributed by atoms with E-state index < -0.39 is 11.7 Å². The van der Waals surface area contributed by atoms with Crippen molar-refractivity contribution in [3.63, 3.8) is 0 Å². The molecule has 2 rings (SSSR count). The molecule has 0 spiro atoms. The number of rotatable bonds is 1. The lowest BCUT2D eigenvalue weighted by Gasteiger charge is -2.10. The predicted molar refractivity (Wildman–Crippen MR) is 52.7 cm³/mol. The first-order valence-electron chi connectivity index (χ1n) is 5.06. The van der Waals surface area contributed by atoms with Crippen molar-refractivity contribution < 1.29 is 13.2 Å². The zero-order valence-electron chi connectivity index (χ0n) is 8.73. The van der Waals surface area contributed by atoms with E-state index in [9.17, 15) is 13.2 Å². The maximum absolute atomic E-state index is 12.5. The molecule has 1 aliphatic rings. The van der Waals surface area contributed by atoms with Crippen molar-refractivity contribution in [1.82, 2.24) is 0 Å². The minimum Gasteiger partial charge on any atom is -0.166 e. The standard InChI is InChI=1S/C12H13F3/c1-7-3-9(11-5-8(11)2)6-10(4-7)12(13,14)15/h3-4,6,8,11H,5H2,1-2H3. The molecule has 0 radical (unpaired) electrons. The molecular formula is C12H13F3. The summed E-state index contributed by atoms with van der Waals surface area (Å²) in [4.78, 5) is 0. The molecule has 0 aromatic heterocycles. The average molecular weight is 214 g/mol. The molecule has 15 heavy (non-hydrogen) atoms. The van der Waals surface area contributed by atoms with E-state index in [2.05, 4.69) is 6.92 Å². The second-order valence-corrected chi connectivity index (χ2v) is 4.45. The van der Waals surface area contributed by atoms with E-state index in [-0.39, 0.29) is 0 Å². The van der Waals surface area contributed by atoms with E-state index in [1.54, 1.807) is 6.92 Å². The van der Waals surface area contributed by atoms with E-state index >= 15 is 0 Å². The Morgan fingerprint density at radius 2 is 1.80 bits per heavy atom. The summed E-state index contributed by atoms with van der Waals surface area (Å²) in [5.41, 5.74) is 1.02. The lowest BCUT2D eigenvalue weighted by Crippen LogP contribution is -2.06. The minimum atomic E-state index is -4.22. The molecule has 1 aromatic carbocycles. The maximum atomic E-state index is 12.5. The van der Waals surface area contributed by atoms with Crippen LogP contribution >= 0.6 is 0 Å². The van der Waals surface area contributed by atoms with Crippen LogP contribution in [0.3, 0.4) is 0 Å². The first kappa shape index (κ1) is 10.5. The molecular weight excluding hydrogens is 201 g/mol. The third-order valence-corrected chi connectivity index (χ3v) is 2.96. The monoisotopic (exact) mass is 214 g/mol. The van der Waals surface area contributed by atoms with Crippen LogP contribution in [-0.2, 0) is 6.18 Å². The van der Waals surface area contributed by atoms with Crippen molar-refractivity contribution in [2.75, 3.05) is 0 Å². The summed E-state index contributed by atoms with van der Waals surface area (Å²) in [6, 6.07) is 4.36. The van der Waals surface area contributed by atoms with Crippen LogP contribution in [0.15, 0.2) is 18.2 Å². The van der Waals surface area contributed by atoms with Crippen molar-refractivity contribution in [3.8, 4) is 0 Å². The van der Waals surface area contributed by atoms with Crippen LogP contribution in [0.25, 0.3) is 0 Å². The quantitative estimate of drug-likeness (QED) is 0.659. The summed E-state index contributed by atoms with van der Waals surface area (Å²) < 4.78 is 37.6. The second kappa shape index (κ2) is 3.26. The van der Waals surface area contributed by atoms with Gasteiger partial charge >= 0.3 is 6.18 Å². The van der Waals surface area contributed by atoms with Crippen LogP contribution in [0.4, 0.5) is 13.2 Å². The van der Waals surface area contributed by atoms with Crippen LogP contribution in [0, 0.1) is 12.8 Å². The van der Waals surface area contributed by atoms with Gasteiger partial charge in [-0.25, -0.2) is 0 Å². The van der Waals surface area contributed by atoms with Crippen LogP contribution in [0.5, 0.6) is 0 Å². The number of alkyl halides is 3. The molecule has 0 bridgehead atoms. The van der Waals surface area contributed by atoms with Gasteiger partial charge in [0.2, 0.25) is 0 Å². The molecule has 3 heteroatoms. The van der Waals surface area contributed by atoms with E-state index in [1.165, 1.54) is 12.1 Å². The lowest BCUT2D eigenvalue weighted by molar-refractivity contribution is -0.137. The van der Waals surface area contributed by atoms with E-state index in [0.717, 1.165) is 12.0 Å². The fraction of sp³-hybridized carbons (Fsp3) is 0.500. The van der Waals surface area contributed by atoms with Gasteiger partial charge in [-0.05, 0) is 42.9 Å². The van der Waals surface area contributed by atoms with Crippen molar-refractivity contribution in [3.05, 3.63) is 34.9 Å². The first-order valence-corrected chi connectivity index (χ1v) is 5.06. The highest BCUT2D eigenvalue weighted by atomic mass is 19.4.